The molecule has 0 aliphatic rings. The highest BCUT2D eigenvalue weighted by molar-refractivity contribution is 5.95. The molecule has 0 heterocycles. The van der Waals surface area contributed by atoms with E-state index < -0.39 is 11.9 Å². The van der Waals surface area contributed by atoms with E-state index in [-0.39, 0.29) is 22.6 Å². The zero-order valence-electron chi connectivity index (χ0n) is 9.52. The first-order chi connectivity index (χ1) is 7.95. The molecule has 17 heavy (non-hydrogen) atoms. The van der Waals surface area contributed by atoms with Crippen LogP contribution in [0.15, 0.2) is 30.4 Å². The second-order valence-electron chi connectivity index (χ2n) is 3.34. The number of ether oxygens (including phenoxy) is 2. The van der Waals surface area contributed by atoms with Crippen molar-refractivity contribution >= 4 is 11.9 Å². The van der Waals surface area contributed by atoms with Gasteiger partial charge in [0.15, 0.2) is 0 Å². The maximum atomic E-state index is 11.4. The van der Waals surface area contributed by atoms with E-state index >= 15 is 0 Å². The minimum atomic E-state index is -0.703. The number of rotatable bonds is 3. The van der Waals surface area contributed by atoms with Crippen LogP contribution in [0.3, 0.4) is 0 Å². The van der Waals surface area contributed by atoms with Gasteiger partial charge in [-0.1, -0.05) is 6.58 Å². The van der Waals surface area contributed by atoms with Crippen LogP contribution in [-0.2, 0) is 9.53 Å². The van der Waals surface area contributed by atoms with Crippen LogP contribution in [-0.4, -0.2) is 24.2 Å². The summed E-state index contributed by atoms with van der Waals surface area (Å²) >= 11 is 0. The number of benzene rings is 1. The largest absolute Gasteiger partial charge is 0.508 e. The SMILES string of the molecule is C=C(C)C(=O)Oc1ccc(O)cc1C(=O)OC. The second-order valence-corrected chi connectivity index (χ2v) is 3.34. The summed E-state index contributed by atoms with van der Waals surface area (Å²) in [5.41, 5.74) is 0.177. The molecule has 0 fully saturated rings. The van der Waals surface area contributed by atoms with E-state index in [1.54, 1.807) is 0 Å². The van der Waals surface area contributed by atoms with Crippen LogP contribution in [0.25, 0.3) is 0 Å². The minimum Gasteiger partial charge on any atom is -0.508 e. The van der Waals surface area contributed by atoms with Crippen molar-refractivity contribution < 1.29 is 24.2 Å². The van der Waals surface area contributed by atoms with Gasteiger partial charge in [-0.2, -0.15) is 0 Å². The summed E-state index contributed by atoms with van der Waals surface area (Å²) in [6.45, 7) is 4.91. The van der Waals surface area contributed by atoms with Gasteiger partial charge < -0.3 is 14.6 Å². The third-order valence-corrected chi connectivity index (χ3v) is 1.92. The van der Waals surface area contributed by atoms with Gasteiger partial charge in [-0.15, -0.1) is 0 Å². The Labute approximate surface area is 98.3 Å². The summed E-state index contributed by atoms with van der Waals surface area (Å²) in [6.07, 6.45) is 0. The molecule has 0 saturated heterocycles. The summed E-state index contributed by atoms with van der Waals surface area (Å²) in [7, 11) is 1.19. The number of hydrogen-bond donors (Lipinski definition) is 1. The maximum Gasteiger partial charge on any atom is 0.341 e. The Morgan fingerprint density at radius 1 is 1.35 bits per heavy atom. The predicted octanol–water partition coefficient (Wildman–Crippen LogP) is 1.66. The van der Waals surface area contributed by atoms with Gasteiger partial charge in [0.2, 0.25) is 0 Å². The van der Waals surface area contributed by atoms with Crippen molar-refractivity contribution in [1.29, 1.82) is 0 Å². The van der Waals surface area contributed by atoms with Crippen molar-refractivity contribution in [2.45, 2.75) is 6.92 Å². The molecule has 0 saturated carbocycles. The molecule has 0 unspecified atom stereocenters. The molecular weight excluding hydrogens is 224 g/mol. The summed E-state index contributed by atoms with van der Waals surface area (Å²) in [4.78, 5) is 22.7. The topological polar surface area (TPSA) is 72.8 Å². The number of methoxy groups -OCH3 is 1. The zero-order valence-corrected chi connectivity index (χ0v) is 9.52. The first-order valence-electron chi connectivity index (χ1n) is 4.74. The van der Waals surface area contributed by atoms with E-state index in [9.17, 15) is 14.7 Å². The quantitative estimate of drug-likeness (QED) is 0.491. The molecule has 0 atom stereocenters. The van der Waals surface area contributed by atoms with E-state index in [1.807, 2.05) is 0 Å². The molecule has 0 amide bonds. The van der Waals surface area contributed by atoms with Gasteiger partial charge in [-0.25, -0.2) is 9.59 Å². The van der Waals surface area contributed by atoms with Crippen molar-refractivity contribution in [3.63, 3.8) is 0 Å². The monoisotopic (exact) mass is 236 g/mol. The fourth-order valence-corrected chi connectivity index (χ4v) is 1.06. The Bertz CT molecular complexity index is 476. The van der Waals surface area contributed by atoms with Crippen LogP contribution in [0.2, 0.25) is 0 Å². The van der Waals surface area contributed by atoms with Crippen molar-refractivity contribution in [3.05, 3.63) is 35.9 Å². The second kappa shape index (κ2) is 5.16. The molecule has 5 heteroatoms. The molecule has 1 aromatic rings. The van der Waals surface area contributed by atoms with Gasteiger partial charge in [0.25, 0.3) is 0 Å². The lowest BCUT2D eigenvalue weighted by atomic mass is 10.2. The third-order valence-electron chi connectivity index (χ3n) is 1.92. The Kier molecular flexibility index (Phi) is 3.87. The molecule has 0 aromatic heterocycles. The molecule has 0 bridgehead atoms. The Balaban J connectivity index is 3.10. The van der Waals surface area contributed by atoms with Crippen LogP contribution < -0.4 is 4.74 Å². The third kappa shape index (κ3) is 3.07. The number of esters is 2. The normalized spacial score (nSPS) is 9.53. The highest BCUT2D eigenvalue weighted by Gasteiger charge is 2.16. The Morgan fingerprint density at radius 2 is 2.00 bits per heavy atom. The standard InChI is InChI=1S/C12H12O5/c1-7(2)11(14)17-10-5-4-8(13)6-9(10)12(15)16-3/h4-6,13H,1H2,2-3H3. The minimum absolute atomic E-state index is 0.0163. The first kappa shape index (κ1) is 12.8. The van der Waals surface area contributed by atoms with E-state index in [4.69, 9.17) is 4.74 Å². The van der Waals surface area contributed by atoms with Gasteiger partial charge in [0.1, 0.15) is 17.1 Å². The number of aromatic hydroxyl groups is 1. The van der Waals surface area contributed by atoms with Crippen LogP contribution in [0.5, 0.6) is 11.5 Å². The van der Waals surface area contributed by atoms with E-state index in [0.29, 0.717) is 0 Å². The van der Waals surface area contributed by atoms with Crippen LogP contribution in [0, 0.1) is 0 Å². The predicted molar refractivity (Wildman–Crippen MR) is 59.9 cm³/mol. The fraction of sp³-hybridized carbons (Fsp3) is 0.167. The summed E-state index contributed by atoms with van der Waals surface area (Å²) in [5.74, 6) is -1.46. The molecule has 0 aliphatic carbocycles. The van der Waals surface area contributed by atoms with Crippen LogP contribution in [0.4, 0.5) is 0 Å². The highest BCUT2D eigenvalue weighted by atomic mass is 16.5. The maximum absolute atomic E-state index is 11.4. The molecule has 1 N–H and O–H groups in total. The molecule has 0 radical (unpaired) electrons. The molecule has 90 valence electrons. The van der Waals surface area contributed by atoms with Crippen molar-refractivity contribution in [1.82, 2.24) is 0 Å². The highest BCUT2D eigenvalue weighted by Crippen LogP contribution is 2.24. The number of phenolic OH excluding ortho intramolecular Hbond substituents is 1. The Morgan fingerprint density at radius 3 is 2.53 bits per heavy atom. The van der Waals surface area contributed by atoms with Gasteiger partial charge in [-0.05, 0) is 25.1 Å². The molecule has 1 rings (SSSR count). The number of carbonyl (C=O) groups is 2. The van der Waals surface area contributed by atoms with Crippen molar-refractivity contribution in [2.75, 3.05) is 7.11 Å². The van der Waals surface area contributed by atoms with Crippen molar-refractivity contribution in [3.8, 4) is 11.5 Å². The fourth-order valence-electron chi connectivity index (χ4n) is 1.06. The molecule has 0 aliphatic heterocycles. The number of carbonyl (C=O) groups excluding carboxylic acids is 2. The molecule has 1 aromatic carbocycles. The molecule has 0 spiro atoms. The Hall–Kier alpha value is -2.30. The van der Waals surface area contributed by atoms with E-state index in [1.165, 1.54) is 26.2 Å². The van der Waals surface area contributed by atoms with Gasteiger partial charge >= 0.3 is 11.9 Å². The smallest absolute Gasteiger partial charge is 0.341 e. The average Bonchev–Trinajstić information content (AvgIpc) is 2.30. The van der Waals surface area contributed by atoms with Gasteiger partial charge in [0.05, 0.1) is 7.11 Å². The lowest BCUT2D eigenvalue weighted by Crippen LogP contribution is -2.12. The lowest BCUT2D eigenvalue weighted by molar-refractivity contribution is -0.130. The lowest BCUT2D eigenvalue weighted by Gasteiger charge is -2.08. The van der Waals surface area contributed by atoms with E-state index in [0.717, 1.165) is 6.07 Å². The first-order valence-corrected chi connectivity index (χ1v) is 4.74. The average molecular weight is 236 g/mol. The summed E-state index contributed by atoms with van der Waals surface area (Å²) < 4.78 is 9.44. The summed E-state index contributed by atoms with van der Waals surface area (Å²) in [5, 5.41) is 9.26. The van der Waals surface area contributed by atoms with E-state index in [2.05, 4.69) is 11.3 Å². The zero-order chi connectivity index (χ0) is 13.0. The van der Waals surface area contributed by atoms with Crippen LogP contribution in [0.1, 0.15) is 17.3 Å². The number of hydrogen-bond acceptors (Lipinski definition) is 5. The van der Waals surface area contributed by atoms with Gasteiger partial charge in [0, 0.05) is 5.57 Å². The molecule has 5 nitrogen and oxygen atoms in total. The van der Waals surface area contributed by atoms with Crippen molar-refractivity contribution in [2.24, 2.45) is 0 Å². The number of phenols is 1. The van der Waals surface area contributed by atoms with Gasteiger partial charge in [-0.3, -0.25) is 0 Å². The molecular formula is C12H12O5. The summed E-state index contributed by atoms with van der Waals surface area (Å²) in [6, 6.07) is 3.77. The van der Waals surface area contributed by atoms with Crippen LogP contribution >= 0.6 is 0 Å².